The summed E-state index contributed by atoms with van der Waals surface area (Å²) in [5.41, 5.74) is 5.50. The lowest BCUT2D eigenvalue weighted by atomic mass is 10.2. The molecule has 4 nitrogen and oxygen atoms in total. The summed E-state index contributed by atoms with van der Waals surface area (Å²) in [5.74, 6) is -0.234. The van der Waals surface area contributed by atoms with Crippen LogP contribution in [0, 0.1) is 0 Å². The molecule has 1 aliphatic rings. The number of carbonyl (C=O) groups excluding carboxylic acids is 1. The van der Waals surface area contributed by atoms with Gasteiger partial charge in [-0.1, -0.05) is 18.2 Å². The van der Waals surface area contributed by atoms with Crippen molar-refractivity contribution in [1.29, 1.82) is 0 Å². The van der Waals surface area contributed by atoms with E-state index in [0.717, 1.165) is 44.2 Å². The number of morpholine rings is 1. The molecule has 1 atom stereocenters. The summed E-state index contributed by atoms with van der Waals surface area (Å²) in [7, 11) is 0. The van der Waals surface area contributed by atoms with Crippen molar-refractivity contribution in [3.8, 4) is 0 Å². The SMILES string of the molecule is NC(=O)C(CCN1CCOCC1)Sc1ccccc1. The minimum Gasteiger partial charge on any atom is -0.379 e. The fraction of sp³-hybridized carbons (Fsp3) is 0.500. The van der Waals surface area contributed by atoms with Crippen molar-refractivity contribution < 1.29 is 9.53 Å². The maximum Gasteiger partial charge on any atom is 0.230 e. The van der Waals surface area contributed by atoms with Gasteiger partial charge < -0.3 is 10.5 Å². The molecule has 0 bridgehead atoms. The van der Waals surface area contributed by atoms with E-state index in [9.17, 15) is 4.79 Å². The molecule has 5 heteroatoms. The van der Waals surface area contributed by atoms with Crippen LogP contribution in [0.4, 0.5) is 0 Å². The van der Waals surface area contributed by atoms with E-state index in [0.29, 0.717) is 0 Å². The van der Waals surface area contributed by atoms with Gasteiger partial charge in [-0.2, -0.15) is 0 Å². The van der Waals surface area contributed by atoms with E-state index in [2.05, 4.69) is 4.90 Å². The number of benzene rings is 1. The zero-order valence-corrected chi connectivity index (χ0v) is 11.8. The molecule has 1 unspecified atom stereocenters. The van der Waals surface area contributed by atoms with Crippen LogP contribution < -0.4 is 5.73 Å². The van der Waals surface area contributed by atoms with Crippen LogP contribution >= 0.6 is 11.8 Å². The smallest absolute Gasteiger partial charge is 0.230 e. The fourth-order valence-electron chi connectivity index (χ4n) is 2.05. The van der Waals surface area contributed by atoms with Crippen molar-refractivity contribution in [3.05, 3.63) is 30.3 Å². The Morgan fingerprint density at radius 2 is 2.00 bits per heavy atom. The minimum absolute atomic E-state index is 0.162. The van der Waals surface area contributed by atoms with Crippen molar-refractivity contribution >= 4 is 17.7 Å². The summed E-state index contributed by atoms with van der Waals surface area (Å²) >= 11 is 1.55. The molecule has 2 N–H and O–H groups in total. The highest BCUT2D eigenvalue weighted by Crippen LogP contribution is 2.25. The van der Waals surface area contributed by atoms with Crippen molar-refractivity contribution in [1.82, 2.24) is 4.90 Å². The fourth-order valence-corrected chi connectivity index (χ4v) is 3.03. The van der Waals surface area contributed by atoms with Gasteiger partial charge in [0.15, 0.2) is 0 Å². The van der Waals surface area contributed by atoms with Crippen LogP contribution in [0.3, 0.4) is 0 Å². The summed E-state index contributed by atoms with van der Waals surface area (Å²) in [6, 6.07) is 9.94. The number of hydrogen-bond donors (Lipinski definition) is 1. The Balaban J connectivity index is 1.84. The molecule has 1 heterocycles. The molecule has 0 radical (unpaired) electrons. The molecule has 2 rings (SSSR count). The number of ether oxygens (including phenoxy) is 1. The monoisotopic (exact) mass is 280 g/mol. The van der Waals surface area contributed by atoms with Gasteiger partial charge in [0.1, 0.15) is 0 Å². The predicted molar refractivity (Wildman–Crippen MR) is 77.2 cm³/mol. The van der Waals surface area contributed by atoms with Crippen LogP contribution in [0.15, 0.2) is 35.2 Å². The topological polar surface area (TPSA) is 55.6 Å². The van der Waals surface area contributed by atoms with Crippen molar-refractivity contribution in [3.63, 3.8) is 0 Å². The average molecular weight is 280 g/mol. The minimum atomic E-state index is -0.234. The Hall–Kier alpha value is -1.04. The lowest BCUT2D eigenvalue weighted by molar-refractivity contribution is -0.117. The van der Waals surface area contributed by atoms with Crippen LogP contribution in [0.2, 0.25) is 0 Å². The van der Waals surface area contributed by atoms with Gasteiger partial charge in [0.25, 0.3) is 0 Å². The number of thioether (sulfide) groups is 1. The molecule has 104 valence electrons. The molecule has 1 aromatic rings. The molecule has 19 heavy (non-hydrogen) atoms. The molecule has 1 saturated heterocycles. The number of primary amides is 1. The Labute approximate surface area is 118 Å². The van der Waals surface area contributed by atoms with Crippen LogP contribution in [0.1, 0.15) is 6.42 Å². The third-order valence-electron chi connectivity index (χ3n) is 3.15. The molecule has 0 saturated carbocycles. The van der Waals surface area contributed by atoms with Gasteiger partial charge in [0, 0.05) is 18.0 Å². The normalized spacial score (nSPS) is 18.1. The lowest BCUT2D eigenvalue weighted by Gasteiger charge is -2.27. The van der Waals surface area contributed by atoms with Crippen LogP contribution in [-0.2, 0) is 9.53 Å². The highest BCUT2D eigenvalue weighted by atomic mass is 32.2. The van der Waals surface area contributed by atoms with Gasteiger partial charge in [0.2, 0.25) is 5.91 Å². The molecule has 0 aromatic heterocycles. The summed E-state index contributed by atoms with van der Waals surface area (Å²) < 4.78 is 5.31. The second-order valence-corrected chi connectivity index (χ2v) is 5.84. The summed E-state index contributed by atoms with van der Waals surface area (Å²) in [6.07, 6.45) is 0.787. The third kappa shape index (κ3) is 4.86. The van der Waals surface area contributed by atoms with E-state index in [1.807, 2.05) is 30.3 Å². The Morgan fingerprint density at radius 3 is 2.63 bits per heavy atom. The molecule has 1 amide bonds. The largest absolute Gasteiger partial charge is 0.379 e. The van der Waals surface area contributed by atoms with E-state index in [1.54, 1.807) is 11.8 Å². The quantitative estimate of drug-likeness (QED) is 0.799. The van der Waals surface area contributed by atoms with Gasteiger partial charge in [0.05, 0.1) is 18.5 Å². The van der Waals surface area contributed by atoms with E-state index in [-0.39, 0.29) is 11.2 Å². The van der Waals surface area contributed by atoms with Crippen molar-refractivity contribution in [2.75, 3.05) is 32.8 Å². The first-order valence-corrected chi connectivity index (χ1v) is 7.45. The molecule has 1 fully saturated rings. The first kappa shape index (κ1) is 14.4. The molecule has 0 spiro atoms. The number of carbonyl (C=O) groups is 1. The predicted octanol–water partition coefficient (Wildman–Crippen LogP) is 1.35. The Kier molecular flexibility index (Phi) is 5.69. The van der Waals surface area contributed by atoms with E-state index in [4.69, 9.17) is 10.5 Å². The third-order valence-corrected chi connectivity index (χ3v) is 4.45. The molecular weight excluding hydrogens is 260 g/mol. The first-order chi connectivity index (χ1) is 9.25. The maximum atomic E-state index is 11.5. The first-order valence-electron chi connectivity index (χ1n) is 6.57. The van der Waals surface area contributed by atoms with Crippen LogP contribution in [0.25, 0.3) is 0 Å². The second-order valence-electron chi connectivity index (χ2n) is 4.56. The molecule has 0 aliphatic carbocycles. The highest BCUT2D eigenvalue weighted by molar-refractivity contribution is 8.00. The number of nitrogens with two attached hydrogens (primary N) is 1. The summed E-state index contributed by atoms with van der Waals surface area (Å²) in [6.45, 7) is 4.36. The van der Waals surface area contributed by atoms with E-state index < -0.39 is 0 Å². The highest BCUT2D eigenvalue weighted by Gasteiger charge is 2.19. The Morgan fingerprint density at radius 1 is 1.32 bits per heavy atom. The van der Waals surface area contributed by atoms with Gasteiger partial charge in [-0.05, 0) is 25.1 Å². The zero-order valence-electron chi connectivity index (χ0n) is 11.0. The number of rotatable bonds is 6. The standard InChI is InChI=1S/C14H20N2O2S/c15-14(17)13(19-12-4-2-1-3-5-12)6-7-16-8-10-18-11-9-16/h1-5,13H,6-11H2,(H2,15,17). The molecular formula is C14H20N2O2S. The van der Waals surface area contributed by atoms with Gasteiger partial charge >= 0.3 is 0 Å². The van der Waals surface area contributed by atoms with Crippen molar-refractivity contribution in [2.45, 2.75) is 16.6 Å². The van der Waals surface area contributed by atoms with E-state index >= 15 is 0 Å². The maximum absolute atomic E-state index is 11.5. The number of hydrogen-bond acceptors (Lipinski definition) is 4. The van der Waals surface area contributed by atoms with Gasteiger partial charge in [-0.3, -0.25) is 9.69 Å². The van der Waals surface area contributed by atoms with Gasteiger partial charge in [-0.25, -0.2) is 0 Å². The van der Waals surface area contributed by atoms with Crippen LogP contribution in [-0.4, -0.2) is 48.9 Å². The molecule has 1 aromatic carbocycles. The summed E-state index contributed by atoms with van der Waals surface area (Å²) in [5, 5.41) is -0.162. The van der Waals surface area contributed by atoms with E-state index in [1.165, 1.54) is 0 Å². The lowest BCUT2D eigenvalue weighted by Crippen LogP contribution is -2.39. The van der Waals surface area contributed by atoms with Crippen LogP contribution in [0.5, 0.6) is 0 Å². The average Bonchev–Trinajstić information content (AvgIpc) is 2.45. The summed E-state index contributed by atoms with van der Waals surface area (Å²) in [4.78, 5) is 15.0. The molecule has 1 aliphatic heterocycles. The van der Waals surface area contributed by atoms with Gasteiger partial charge in [-0.15, -0.1) is 11.8 Å². The second kappa shape index (κ2) is 7.53. The number of nitrogens with zero attached hydrogens (tertiary/aromatic N) is 1. The zero-order chi connectivity index (χ0) is 13.5. The Bertz CT molecular complexity index is 394. The van der Waals surface area contributed by atoms with Crippen molar-refractivity contribution in [2.24, 2.45) is 5.73 Å². The number of amides is 1.